The van der Waals surface area contributed by atoms with E-state index >= 15 is 0 Å². The maximum Gasteiger partial charge on any atom is 0.359 e. The lowest BCUT2D eigenvalue weighted by Gasteiger charge is -2.37. The highest BCUT2D eigenvalue weighted by Gasteiger charge is 2.51. The first-order chi connectivity index (χ1) is 14.7. The third-order valence-corrected chi connectivity index (χ3v) is 8.42. The van der Waals surface area contributed by atoms with E-state index in [2.05, 4.69) is 15.0 Å². The van der Waals surface area contributed by atoms with Gasteiger partial charge in [0.15, 0.2) is 22.4 Å². The van der Waals surface area contributed by atoms with Crippen LogP contribution in [0.2, 0.25) is 5.15 Å². The zero-order valence-corrected chi connectivity index (χ0v) is 19.9. The van der Waals surface area contributed by atoms with Crippen molar-refractivity contribution in [3.63, 3.8) is 0 Å². The Kier molecular flexibility index (Phi) is 6.92. The highest BCUT2D eigenvalue weighted by atomic mass is 35.5. The number of halogens is 1. The van der Waals surface area contributed by atoms with Gasteiger partial charge in [0.25, 0.3) is 0 Å². The van der Waals surface area contributed by atoms with Gasteiger partial charge >= 0.3 is 7.60 Å². The molecular weight excluding hydrogens is 465 g/mol. The summed E-state index contributed by atoms with van der Waals surface area (Å²) in [5, 5.41) is 29.8. The quantitative estimate of drug-likeness (QED) is 0.265. The van der Waals surface area contributed by atoms with E-state index in [4.69, 9.17) is 26.6 Å². The van der Waals surface area contributed by atoms with Crippen LogP contribution in [-0.2, 0) is 13.8 Å². The van der Waals surface area contributed by atoms with Gasteiger partial charge in [0, 0.05) is 6.42 Å². The Hall–Kier alpha value is -1.37. The van der Waals surface area contributed by atoms with Gasteiger partial charge in [0.05, 0.1) is 18.0 Å². The zero-order chi connectivity index (χ0) is 24.1. The number of nitrogens with two attached hydrogens (primary N) is 1. The van der Waals surface area contributed by atoms with E-state index < -0.39 is 43.1 Å². The normalized spacial score (nSPS) is 26.5. The number of hydrogen-bond donors (Lipinski definition) is 5. The third-order valence-electron chi connectivity index (χ3n) is 5.73. The Labute approximate surface area is 189 Å². The van der Waals surface area contributed by atoms with Crippen molar-refractivity contribution in [1.82, 2.24) is 19.5 Å². The van der Waals surface area contributed by atoms with E-state index in [1.807, 2.05) is 0 Å². The van der Waals surface area contributed by atoms with Gasteiger partial charge in [-0.25, -0.2) is 4.98 Å². The molecule has 2 aromatic rings. The van der Waals surface area contributed by atoms with Crippen LogP contribution in [0.25, 0.3) is 11.2 Å². The molecule has 0 radical (unpaired) electrons. The monoisotopic (exact) mass is 493 g/mol. The number of aromatic nitrogens is 4. The second kappa shape index (κ2) is 8.77. The van der Waals surface area contributed by atoms with Crippen LogP contribution in [-0.4, -0.2) is 69.0 Å². The van der Waals surface area contributed by atoms with Crippen LogP contribution in [0.1, 0.15) is 53.2 Å². The second-order valence-corrected chi connectivity index (χ2v) is 10.9. The largest absolute Gasteiger partial charge is 0.388 e. The molecule has 3 heterocycles. The molecule has 0 aromatic carbocycles. The Balaban J connectivity index is 1.82. The number of imidazole rings is 1. The highest BCUT2D eigenvalue weighted by Crippen LogP contribution is 2.60. The maximum absolute atomic E-state index is 12.8. The fourth-order valence-electron chi connectivity index (χ4n) is 3.80. The van der Waals surface area contributed by atoms with E-state index in [9.17, 15) is 24.8 Å². The summed E-state index contributed by atoms with van der Waals surface area (Å²) in [6.45, 7) is 6.26. The molecular formula is C18H29ClN5O7P. The van der Waals surface area contributed by atoms with Gasteiger partial charge in [-0.2, -0.15) is 9.97 Å². The molecule has 0 saturated carbocycles. The molecule has 12 nitrogen and oxygen atoms in total. The van der Waals surface area contributed by atoms with Crippen LogP contribution in [0.15, 0.2) is 6.33 Å². The van der Waals surface area contributed by atoms with Gasteiger partial charge in [-0.05, 0) is 26.7 Å². The smallest absolute Gasteiger partial charge is 0.359 e. The van der Waals surface area contributed by atoms with E-state index in [1.54, 1.807) is 13.8 Å². The average Bonchev–Trinajstić information content (AvgIpc) is 3.22. The number of fused-ring (bicyclic) bond motifs is 1. The van der Waals surface area contributed by atoms with Gasteiger partial charge in [-0.15, -0.1) is 0 Å². The summed E-state index contributed by atoms with van der Waals surface area (Å²) >= 11 is 6.04. The molecule has 32 heavy (non-hydrogen) atoms. The van der Waals surface area contributed by atoms with Gasteiger partial charge in [0.1, 0.15) is 17.7 Å². The fourth-order valence-corrected chi connectivity index (χ4v) is 5.74. The fraction of sp³-hybridized carbons (Fsp3) is 0.722. The highest BCUT2D eigenvalue weighted by molar-refractivity contribution is 7.54. The predicted octanol–water partition coefficient (Wildman–Crippen LogP) is 1.56. The first kappa shape index (κ1) is 25.3. The Morgan fingerprint density at radius 1 is 1.28 bits per heavy atom. The third kappa shape index (κ3) is 4.51. The minimum absolute atomic E-state index is 0.0257. The van der Waals surface area contributed by atoms with Gasteiger partial charge in [-0.1, -0.05) is 25.4 Å². The molecule has 14 heteroatoms. The van der Waals surface area contributed by atoms with Gasteiger partial charge < -0.3 is 35.2 Å². The number of ether oxygens (including phenoxy) is 1. The lowest BCUT2D eigenvalue weighted by molar-refractivity contribution is -0.0642. The Morgan fingerprint density at radius 2 is 1.91 bits per heavy atom. The Morgan fingerprint density at radius 3 is 2.50 bits per heavy atom. The summed E-state index contributed by atoms with van der Waals surface area (Å²) in [5.41, 5.74) is 4.83. The molecule has 2 aromatic heterocycles. The summed E-state index contributed by atoms with van der Waals surface area (Å²) < 4.78 is 25.5. The van der Waals surface area contributed by atoms with Crippen LogP contribution in [0.3, 0.4) is 0 Å². The number of nitrogen functional groups attached to an aromatic ring is 1. The van der Waals surface area contributed by atoms with Crippen LogP contribution in [0, 0.1) is 0 Å². The molecule has 3 rings (SSSR count). The van der Waals surface area contributed by atoms with Crippen molar-refractivity contribution < 1.29 is 34.0 Å². The summed E-state index contributed by atoms with van der Waals surface area (Å²) in [5.74, 6) is -0.0959. The van der Waals surface area contributed by atoms with Crippen molar-refractivity contribution in [3.8, 4) is 0 Å². The topological polar surface area (TPSA) is 186 Å². The van der Waals surface area contributed by atoms with Crippen LogP contribution in [0.4, 0.5) is 5.95 Å². The molecule has 5 unspecified atom stereocenters. The van der Waals surface area contributed by atoms with Crippen molar-refractivity contribution in [2.24, 2.45) is 0 Å². The zero-order valence-electron chi connectivity index (χ0n) is 18.2. The van der Waals surface area contributed by atoms with Crippen molar-refractivity contribution in [1.29, 1.82) is 0 Å². The van der Waals surface area contributed by atoms with Crippen molar-refractivity contribution >= 4 is 36.3 Å². The second-order valence-electron chi connectivity index (χ2n) is 8.51. The van der Waals surface area contributed by atoms with E-state index in [0.717, 1.165) is 0 Å². The lowest BCUT2D eigenvalue weighted by atomic mass is 9.97. The maximum atomic E-state index is 12.8. The standard InChI is InChI=1S/C18H29ClN5O7P/c1-5-18(27,6-2)32(28,29)31-17(3,4)7-9-11(25)12(26)15(30-9)24-8-21-10-13(19)22-16(20)23-14(10)24/h8-9,11-12,15,25-27H,5-7H2,1-4H3,(H,28,29)(H2,20,22,23). The van der Waals surface area contributed by atoms with Crippen molar-refractivity contribution in [2.75, 3.05) is 5.73 Å². The minimum Gasteiger partial charge on any atom is -0.388 e. The number of nitrogens with zero attached hydrogens (tertiary/aromatic N) is 4. The molecule has 0 amide bonds. The molecule has 1 aliphatic heterocycles. The summed E-state index contributed by atoms with van der Waals surface area (Å²) in [7, 11) is -4.44. The summed E-state index contributed by atoms with van der Waals surface area (Å²) in [6, 6.07) is 0. The lowest BCUT2D eigenvalue weighted by Crippen LogP contribution is -2.39. The van der Waals surface area contributed by atoms with Crippen LogP contribution < -0.4 is 5.73 Å². The minimum atomic E-state index is -4.44. The number of anilines is 1. The molecule has 180 valence electrons. The summed E-state index contributed by atoms with van der Waals surface area (Å²) in [6.07, 6.45) is -3.42. The van der Waals surface area contributed by atoms with Crippen molar-refractivity contribution in [2.45, 2.75) is 82.4 Å². The average molecular weight is 494 g/mol. The SMILES string of the molecule is CCC(O)(CC)P(=O)(O)OC(C)(C)CC1OC(n2cnc3c(Cl)nc(N)nc32)C(O)C1O. The number of aliphatic hydroxyl groups excluding tert-OH is 2. The molecule has 1 saturated heterocycles. The number of aliphatic hydroxyl groups is 3. The summed E-state index contributed by atoms with van der Waals surface area (Å²) in [4.78, 5) is 22.4. The molecule has 0 bridgehead atoms. The van der Waals surface area contributed by atoms with Crippen LogP contribution in [0.5, 0.6) is 0 Å². The molecule has 1 aliphatic rings. The number of hydrogen-bond acceptors (Lipinski definition) is 10. The molecule has 0 spiro atoms. The number of rotatable bonds is 8. The first-order valence-corrected chi connectivity index (χ1v) is 12.1. The molecule has 6 N–H and O–H groups in total. The van der Waals surface area contributed by atoms with E-state index in [-0.39, 0.29) is 41.5 Å². The molecule has 1 fully saturated rings. The molecule has 5 atom stereocenters. The van der Waals surface area contributed by atoms with E-state index in [0.29, 0.717) is 0 Å². The predicted molar refractivity (Wildman–Crippen MR) is 116 cm³/mol. The van der Waals surface area contributed by atoms with E-state index in [1.165, 1.54) is 24.7 Å². The van der Waals surface area contributed by atoms with Gasteiger partial charge in [0.2, 0.25) is 5.95 Å². The van der Waals surface area contributed by atoms with Gasteiger partial charge in [-0.3, -0.25) is 9.13 Å². The Bertz CT molecular complexity index is 1030. The van der Waals surface area contributed by atoms with Crippen molar-refractivity contribution in [3.05, 3.63) is 11.5 Å². The van der Waals surface area contributed by atoms with Crippen LogP contribution >= 0.6 is 19.2 Å². The first-order valence-electron chi connectivity index (χ1n) is 10.2. The molecule has 0 aliphatic carbocycles.